The van der Waals surface area contributed by atoms with Crippen LogP contribution in [0.5, 0.6) is 0 Å². The van der Waals surface area contributed by atoms with Gasteiger partial charge < -0.3 is 14.7 Å². The van der Waals surface area contributed by atoms with Gasteiger partial charge in [-0.1, -0.05) is 36.4 Å². The van der Waals surface area contributed by atoms with Crippen molar-refractivity contribution < 1.29 is 4.79 Å². The van der Waals surface area contributed by atoms with Gasteiger partial charge in [0.05, 0.1) is 0 Å². The first-order chi connectivity index (χ1) is 14.7. The van der Waals surface area contributed by atoms with E-state index in [9.17, 15) is 4.79 Å². The Hall–Kier alpha value is -2.37. The van der Waals surface area contributed by atoms with E-state index in [1.807, 2.05) is 41.3 Å². The summed E-state index contributed by atoms with van der Waals surface area (Å²) in [6, 6.07) is 20.4. The van der Waals surface area contributed by atoms with Gasteiger partial charge in [0.1, 0.15) is 6.54 Å². The smallest absolute Gasteiger partial charge is 0.242 e. The Balaban J connectivity index is 1.33. The van der Waals surface area contributed by atoms with Crippen LogP contribution in [0.2, 0.25) is 0 Å². The molecule has 1 amide bonds. The molecule has 2 aliphatic rings. The number of anilines is 2. The molecule has 2 aliphatic heterocycles. The molecular formula is C25H34N4O. The maximum Gasteiger partial charge on any atom is 0.242 e. The molecule has 0 aromatic heterocycles. The lowest BCUT2D eigenvalue weighted by Crippen LogP contribution is -2.52. The summed E-state index contributed by atoms with van der Waals surface area (Å²) in [5.74, 6) is 1.02. The Morgan fingerprint density at radius 1 is 0.833 bits per heavy atom. The molecule has 0 bridgehead atoms. The minimum absolute atomic E-state index is 0.210. The largest absolute Gasteiger partial charge is 0.339 e. The molecule has 0 spiro atoms. The van der Waals surface area contributed by atoms with Gasteiger partial charge in [-0.05, 0) is 63.2 Å². The van der Waals surface area contributed by atoms with Gasteiger partial charge in [0.25, 0.3) is 0 Å². The van der Waals surface area contributed by atoms with E-state index < -0.39 is 0 Å². The zero-order valence-corrected chi connectivity index (χ0v) is 18.1. The van der Waals surface area contributed by atoms with Gasteiger partial charge in [-0.3, -0.25) is 9.69 Å². The Morgan fingerprint density at radius 3 is 1.90 bits per heavy atom. The lowest BCUT2D eigenvalue weighted by atomic mass is 9.96. The van der Waals surface area contributed by atoms with E-state index in [4.69, 9.17) is 0 Å². The normalized spacial score (nSPS) is 19.0. The standard InChI is InChI=1S/C25H34N4O/c1-26-14-12-22(13-15-26)20-27-16-18-28(19-17-27)25(30)21-29(23-8-4-2-5-9-23)24-10-6-3-7-11-24/h2-11,22H,12-21H2,1H3. The van der Waals surface area contributed by atoms with Gasteiger partial charge in [-0.2, -0.15) is 0 Å². The van der Waals surface area contributed by atoms with Crippen LogP contribution in [0, 0.1) is 5.92 Å². The number of para-hydroxylation sites is 2. The second-order valence-corrected chi connectivity index (χ2v) is 8.69. The highest BCUT2D eigenvalue weighted by atomic mass is 16.2. The summed E-state index contributed by atoms with van der Waals surface area (Å²) in [6.45, 7) is 7.67. The van der Waals surface area contributed by atoms with E-state index in [-0.39, 0.29) is 5.91 Å². The zero-order chi connectivity index (χ0) is 20.8. The number of benzene rings is 2. The number of piperidine rings is 1. The number of amides is 1. The van der Waals surface area contributed by atoms with Crippen molar-refractivity contribution in [3.63, 3.8) is 0 Å². The van der Waals surface area contributed by atoms with Crippen molar-refractivity contribution in [2.24, 2.45) is 5.92 Å². The van der Waals surface area contributed by atoms with Gasteiger partial charge in [0, 0.05) is 44.1 Å². The molecule has 2 aromatic carbocycles. The SMILES string of the molecule is CN1CCC(CN2CCN(C(=O)CN(c3ccccc3)c3ccccc3)CC2)CC1. The average molecular weight is 407 g/mol. The van der Waals surface area contributed by atoms with E-state index in [2.05, 4.69) is 46.0 Å². The molecule has 5 heteroatoms. The van der Waals surface area contributed by atoms with E-state index >= 15 is 0 Å². The molecule has 30 heavy (non-hydrogen) atoms. The Bertz CT molecular complexity index is 742. The third-order valence-electron chi connectivity index (χ3n) is 6.51. The summed E-state index contributed by atoms with van der Waals surface area (Å²) < 4.78 is 0. The zero-order valence-electron chi connectivity index (χ0n) is 18.1. The number of rotatable bonds is 6. The number of carbonyl (C=O) groups excluding carboxylic acids is 1. The third kappa shape index (κ3) is 5.41. The van der Waals surface area contributed by atoms with Crippen molar-refractivity contribution in [3.8, 4) is 0 Å². The maximum absolute atomic E-state index is 13.1. The predicted molar refractivity (Wildman–Crippen MR) is 123 cm³/mol. The summed E-state index contributed by atoms with van der Waals surface area (Å²) in [5, 5.41) is 0. The molecule has 2 heterocycles. The van der Waals surface area contributed by atoms with Crippen LogP contribution in [0.4, 0.5) is 11.4 Å². The number of carbonyl (C=O) groups is 1. The van der Waals surface area contributed by atoms with Crippen LogP contribution in [0.25, 0.3) is 0 Å². The number of piperazine rings is 1. The Morgan fingerprint density at radius 2 is 1.37 bits per heavy atom. The molecule has 5 nitrogen and oxygen atoms in total. The second-order valence-electron chi connectivity index (χ2n) is 8.69. The van der Waals surface area contributed by atoms with Crippen LogP contribution < -0.4 is 4.90 Å². The first-order valence-electron chi connectivity index (χ1n) is 11.3. The molecule has 0 unspecified atom stereocenters. The highest BCUT2D eigenvalue weighted by molar-refractivity contribution is 5.84. The van der Waals surface area contributed by atoms with Gasteiger partial charge in [-0.25, -0.2) is 0 Å². The topological polar surface area (TPSA) is 30.0 Å². The van der Waals surface area contributed by atoms with Crippen molar-refractivity contribution in [2.75, 3.05) is 64.3 Å². The quantitative estimate of drug-likeness (QED) is 0.736. The van der Waals surface area contributed by atoms with Gasteiger partial charge in [0.2, 0.25) is 5.91 Å². The molecule has 4 rings (SSSR count). The molecule has 0 N–H and O–H groups in total. The van der Waals surface area contributed by atoms with Crippen molar-refractivity contribution >= 4 is 17.3 Å². The van der Waals surface area contributed by atoms with Crippen LogP contribution >= 0.6 is 0 Å². The van der Waals surface area contributed by atoms with Crippen LogP contribution in [0.3, 0.4) is 0 Å². The van der Waals surface area contributed by atoms with Crippen LogP contribution in [0.15, 0.2) is 60.7 Å². The van der Waals surface area contributed by atoms with E-state index in [0.717, 1.165) is 43.5 Å². The average Bonchev–Trinajstić information content (AvgIpc) is 2.80. The molecule has 2 saturated heterocycles. The second kappa shape index (κ2) is 10.1. The fraction of sp³-hybridized carbons (Fsp3) is 0.480. The summed E-state index contributed by atoms with van der Waals surface area (Å²) in [7, 11) is 2.22. The molecule has 0 saturated carbocycles. The summed E-state index contributed by atoms with van der Waals surface area (Å²) in [5.41, 5.74) is 2.11. The summed E-state index contributed by atoms with van der Waals surface area (Å²) >= 11 is 0. The lowest BCUT2D eigenvalue weighted by molar-refractivity contribution is -0.131. The highest BCUT2D eigenvalue weighted by Gasteiger charge is 2.26. The maximum atomic E-state index is 13.1. The van der Waals surface area contributed by atoms with E-state index in [0.29, 0.717) is 6.54 Å². The fourth-order valence-corrected chi connectivity index (χ4v) is 4.57. The van der Waals surface area contributed by atoms with Gasteiger partial charge in [-0.15, -0.1) is 0 Å². The highest BCUT2D eigenvalue weighted by Crippen LogP contribution is 2.25. The third-order valence-corrected chi connectivity index (χ3v) is 6.51. The number of hydrogen-bond acceptors (Lipinski definition) is 4. The van der Waals surface area contributed by atoms with Crippen LogP contribution in [0.1, 0.15) is 12.8 Å². The molecule has 0 aliphatic carbocycles. The molecular weight excluding hydrogens is 372 g/mol. The minimum atomic E-state index is 0.210. The Kier molecular flexibility index (Phi) is 7.03. The fourth-order valence-electron chi connectivity index (χ4n) is 4.57. The summed E-state index contributed by atoms with van der Waals surface area (Å²) in [6.07, 6.45) is 2.61. The molecule has 160 valence electrons. The van der Waals surface area contributed by atoms with E-state index in [1.165, 1.54) is 32.5 Å². The number of nitrogens with zero attached hydrogens (tertiary/aromatic N) is 4. The number of hydrogen-bond donors (Lipinski definition) is 0. The van der Waals surface area contributed by atoms with Gasteiger partial charge >= 0.3 is 0 Å². The van der Waals surface area contributed by atoms with Crippen LogP contribution in [-0.4, -0.2) is 80.0 Å². The lowest BCUT2D eigenvalue weighted by Gasteiger charge is -2.39. The molecule has 0 radical (unpaired) electrons. The van der Waals surface area contributed by atoms with Gasteiger partial charge in [0.15, 0.2) is 0 Å². The first-order valence-corrected chi connectivity index (χ1v) is 11.3. The minimum Gasteiger partial charge on any atom is -0.339 e. The van der Waals surface area contributed by atoms with Crippen molar-refractivity contribution in [1.82, 2.24) is 14.7 Å². The molecule has 0 atom stereocenters. The summed E-state index contributed by atoms with van der Waals surface area (Å²) in [4.78, 5) is 22.3. The van der Waals surface area contributed by atoms with Crippen molar-refractivity contribution in [2.45, 2.75) is 12.8 Å². The van der Waals surface area contributed by atoms with Crippen molar-refractivity contribution in [1.29, 1.82) is 0 Å². The van der Waals surface area contributed by atoms with Crippen LogP contribution in [-0.2, 0) is 4.79 Å². The number of likely N-dealkylation sites (tertiary alicyclic amines) is 1. The first kappa shape index (κ1) is 20.9. The monoisotopic (exact) mass is 406 g/mol. The molecule has 2 aromatic rings. The van der Waals surface area contributed by atoms with E-state index in [1.54, 1.807) is 0 Å². The Labute approximate surface area is 180 Å². The van der Waals surface area contributed by atoms with Crippen molar-refractivity contribution in [3.05, 3.63) is 60.7 Å². The molecule has 2 fully saturated rings. The predicted octanol–water partition coefficient (Wildman–Crippen LogP) is 3.31.